The lowest BCUT2D eigenvalue weighted by molar-refractivity contribution is -0.167. The van der Waals surface area contributed by atoms with Crippen LogP contribution in [-0.2, 0) is 28.6 Å². The minimum Gasteiger partial charge on any atom is -0.462 e. The summed E-state index contributed by atoms with van der Waals surface area (Å²) in [5.74, 6) is -0.882. The van der Waals surface area contributed by atoms with Crippen LogP contribution in [0.2, 0.25) is 0 Å². The van der Waals surface area contributed by atoms with Gasteiger partial charge < -0.3 is 14.2 Å². The van der Waals surface area contributed by atoms with E-state index in [4.69, 9.17) is 14.2 Å². The van der Waals surface area contributed by atoms with Gasteiger partial charge >= 0.3 is 17.9 Å². The van der Waals surface area contributed by atoms with Crippen LogP contribution in [0.15, 0.2) is 72.9 Å². The normalized spacial score (nSPS) is 12.5. The molecular formula is C65H114O6. The number of allylic oxidation sites excluding steroid dienone is 12. The second-order valence-corrected chi connectivity index (χ2v) is 20.3. The Bertz CT molecular complexity index is 1320. The molecule has 0 aliphatic carbocycles. The van der Waals surface area contributed by atoms with E-state index < -0.39 is 6.10 Å². The molecule has 410 valence electrons. The van der Waals surface area contributed by atoms with Crippen molar-refractivity contribution in [2.75, 3.05) is 13.2 Å². The zero-order valence-corrected chi connectivity index (χ0v) is 47.0. The summed E-state index contributed by atoms with van der Waals surface area (Å²) in [4.78, 5) is 38.3. The van der Waals surface area contributed by atoms with Gasteiger partial charge in [0.15, 0.2) is 6.10 Å². The lowest BCUT2D eigenvalue weighted by Gasteiger charge is -2.18. The SMILES string of the molecule is CC\C=C/C=C\C=C/CCCCCCCCCC(=O)OCC(COC(=O)CCCCCCCCCCC/C=C\C/C=C\C/C=C\CC)OC(=O)CCCCCCCCCCCCCCCCCCCCC. The fourth-order valence-corrected chi connectivity index (χ4v) is 8.75. The smallest absolute Gasteiger partial charge is 0.306 e. The lowest BCUT2D eigenvalue weighted by Crippen LogP contribution is -2.30. The summed E-state index contributed by atoms with van der Waals surface area (Å²) < 4.78 is 16.9. The Morgan fingerprint density at radius 3 is 1.01 bits per heavy atom. The highest BCUT2D eigenvalue weighted by molar-refractivity contribution is 5.71. The maximum Gasteiger partial charge on any atom is 0.306 e. The number of ether oxygens (including phenoxy) is 3. The molecule has 6 nitrogen and oxygen atoms in total. The summed E-state index contributed by atoms with van der Waals surface area (Å²) in [5.41, 5.74) is 0. The Morgan fingerprint density at radius 1 is 0.310 bits per heavy atom. The Kier molecular flexibility index (Phi) is 56.8. The van der Waals surface area contributed by atoms with E-state index in [1.807, 2.05) is 0 Å². The van der Waals surface area contributed by atoms with Gasteiger partial charge in [-0.15, -0.1) is 0 Å². The van der Waals surface area contributed by atoms with Gasteiger partial charge in [0.1, 0.15) is 13.2 Å². The van der Waals surface area contributed by atoms with Crippen LogP contribution in [0, 0.1) is 0 Å². The van der Waals surface area contributed by atoms with Crippen molar-refractivity contribution in [2.45, 2.75) is 309 Å². The van der Waals surface area contributed by atoms with Crippen LogP contribution in [0.3, 0.4) is 0 Å². The molecule has 1 atom stereocenters. The van der Waals surface area contributed by atoms with Crippen LogP contribution in [0.25, 0.3) is 0 Å². The van der Waals surface area contributed by atoms with E-state index in [2.05, 4.69) is 93.7 Å². The molecule has 0 rings (SSSR count). The van der Waals surface area contributed by atoms with Crippen LogP contribution < -0.4 is 0 Å². The largest absolute Gasteiger partial charge is 0.462 e. The zero-order chi connectivity index (χ0) is 51.4. The topological polar surface area (TPSA) is 78.9 Å². The third-order valence-electron chi connectivity index (χ3n) is 13.3. The fraction of sp³-hybridized carbons (Fsp3) is 0.769. The highest BCUT2D eigenvalue weighted by Crippen LogP contribution is 2.17. The number of esters is 3. The molecule has 0 aliphatic heterocycles. The maximum absolute atomic E-state index is 12.9. The van der Waals surface area contributed by atoms with Gasteiger partial charge in [-0.05, 0) is 70.6 Å². The number of hydrogen-bond donors (Lipinski definition) is 0. The van der Waals surface area contributed by atoms with Gasteiger partial charge in [-0.1, -0.05) is 286 Å². The van der Waals surface area contributed by atoms with E-state index in [0.717, 1.165) is 89.9 Å². The van der Waals surface area contributed by atoms with Crippen molar-refractivity contribution in [3.63, 3.8) is 0 Å². The Hall–Kier alpha value is -3.15. The maximum atomic E-state index is 12.9. The van der Waals surface area contributed by atoms with E-state index in [9.17, 15) is 14.4 Å². The lowest BCUT2D eigenvalue weighted by atomic mass is 10.0. The molecule has 0 heterocycles. The van der Waals surface area contributed by atoms with E-state index in [0.29, 0.717) is 19.3 Å². The van der Waals surface area contributed by atoms with Gasteiger partial charge in [0, 0.05) is 19.3 Å². The molecule has 0 N–H and O–H groups in total. The molecule has 0 aromatic carbocycles. The van der Waals surface area contributed by atoms with Crippen molar-refractivity contribution in [3.05, 3.63) is 72.9 Å². The summed E-state index contributed by atoms with van der Waals surface area (Å²) in [6, 6.07) is 0. The minimum absolute atomic E-state index is 0.0797. The van der Waals surface area contributed by atoms with Crippen molar-refractivity contribution in [3.8, 4) is 0 Å². The van der Waals surface area contributed by atoms with E-state index in [-0.39, 0.29) is 31.1 Å². The molecule has 0 aliphatic rings. The first kappa shape index (κ1) is 67.8. The van der Waals surface area contributed by atoms with E-state index in [1.165, 1.54) is 173 Å². The summed E-state index contributed by atoms with van der Waals surface area (Å²) in [6.45, 7) is 6.43. The molecule has 0 spiro atoms. The average molecular weight is 992 g/mol. The molecule has 6 heteroatoms. The number of hydrogen-bond acceptors (Lipinski definition) is 6. The van der Waals surface area contributed by atoms with Crippen LogP contribution in [-0.4, -0.2) is 37.2 Å². The van der Waals surface area contributed by atoms with E-state index >= 15 is 0 Å². The van der Waals surface area contributed by atoms with Gasteiger partial charge in [-0.25, -0.2) is 0 Å². The van der Waals surface area contributed by atoms with Gasteiger partial charge in [0.25, 0.3) is 0 Å². The fourth-order valence-electron chi connectivity index (χ4n) is 8.75. The second-order valence-electron chi connectivity index (χ2n) is 20.3. The molecule has 0 saturated carbocycles. The number of rotatable bonds is 55. The third kappa shape index (κ3) is 57.6. The molecule has 1 unspecified atom stereocenters. The van der Waals surface area contributed by atoms with Crippen molar-refractivity contribution in [2.24, 2.45) is 0 Å². The quantitative estimate of drug-likeness (QED) is 0.0199. The standard InChI is InChI=1S/C65H114O6/c1-4-7-10-13-16-19-22-25-28-30-32-34-37-40-43-46-49-52-55-58-64(67)70-61-62(60-69-63(66)57-54-51-48-45-42-39-36-27-24-21-18-15-12-9-6-3)71-65(68)59-56-53-50-47-44-41-38-35-33-31-29-26-23-20-17-14-11-8-5-2/h7,9-10,12,15-16,18-19,21,24-25,28,62H,4-6,8,11,13-14,17,20,22-23,26-27,29-61H2,1-3H3/b10-7-,12-9-,18-15-,19-16-,24-21-,28-25-. The summed E-state index contributed by atoms with van der Waals surface area (Å²) >= 11 is 0. The summed E-state index contributed by atoms with van der Waals surface area (Å²) in [6.07, 6.45) is 76.1. The average Bonchev–Trinajstić information content (AvgIpc) is 3.37. The third-order valence-corrected chi connectivity index (χ3v) is 13.3. The molecule has 0 aromatic heterocycles. The van der Waals surface area contributed by atoms with E-state index in [1.54, 1.807) is 0 Å². The molecule has 0 saturated heterocycles. The van der Waals surface area contributed by atoms with Gasteiger partial charge in [0.05, 0.1) is 0 Å². The predicted octanol–water partition coefficient (Wildman–Crippen LogP) is 20.5. The monoisotopic (exact) mass is 991 g/mol. The highest BCUT2D eigenvalue weighted by Gasteiger charge is 2.19. The summed E-state index contributed by atoms with van der Waals surface area (Å²) in [5, 5.41) is 0. The minimum atomic E-state index is -0.782. The molecule has 71 heavy (non-hydrogen) atoms. The van der Waals surface area contributed by atoms with Gasteiger partial charge in [-0.2, -0.15) is 0 Å². The zero-order valence-electron chi connectivity index (χ0n) is 47.0. The number of unbranched alkanes of at least 4 members (excludes halogenated alkanes) is 34. The first-order valence-corrected chi connectivity index (χ1v) is 30.5. The molecular weight excluding hydrogens is 877 g/mol. The Labute approximate surface area is 440 Å². The molecule has 0 amide bonds. The predicted molar refractivity (Wildman–Crippen MR) is 307 cm³/mol. The molecule has 0 fully saturated rings. The van der Waals surface area contributed by atoms with Crippen molar-refractivity contribution < 1.29 is 28.6 Å². The molecule has 0 radical (unpaired) electrons. The van der Waals surface area contributed by atoms with Gasteiger partial charge in [0.2, 0.25) is 0 Å². The number of carbonyl (C=O) groups excluding carboxylic acids is 3. The van der Waals surface area contributed by atoms with Crippen LogP contribution in [0.1, 0.15) is 303 Å². The number of carbonyl (C=O) groups is 3. The van der Waals surface area contributed by atoms with Crippen molar-refractivity contribution >= 4 is 17.9 Å². The van der Waals surface area contributed by atoms with Crippen molar-refractivity contribution in [1.29, 1.82) is 0 Å². The van der Waals surface area contributed by atoms with Crippen LogP contribution in [0.4, 0.5) is 0 Å². The molecule has 0 aromatic rings. The summed E-state index contributed by atoms with van der Waals surface area (Å²) in [7, 11) is 0. The first-order valence-electron chi connectivity index (χ1n) is 30.5. The first-order chi connectivity index (χ1) is 35.0. The second kappa shape index (κ2) is 59.4. The Morgan fingerprint density at radius 2 is 0.620 bits per heavy atom. The Balaban J connectivity index is 4.36. The molecule has 0 bridgehead atoms. The van der Waals surface area contributed by atoms with Crippen LogP contribution in [0.5, 0.6) is 0 Å². The van der Waals surface area contributed by atoms with Crippen LogP contribution >= 0.6 is 0 Å². The highest BCUT2D eigenvalue weighted by atomic mass is 16.6. The van der Waals surface area contributed by atoms with Gasteiger partial charge in [-0.3, -0.25) is 14.4 Å². The van der Waals surface area contributed by atoms with Crippen molar-refractivity contribution in [1.82, 2.24) is 0 Å².